The zero-order chi connectivity index (χ0) is 19.0. The van der Waals surface area contributed by atoms with Crippen LogP contribution in [0.1, 0.15) is 18.5 Å². The lowest BCUT2D eigenvalue weighted by atomic mass is 10.2. The molecule has 27 heavy (non-hydrogen) atoms. The smallest absolute Gasteiger partial charge is 0.329 e. The third-order valence-corrected chi connectivity index (χ3v) is 5.22. The lowest BCUT2D eigenvalue weighted by molar-refractivity contribution is -0.141. The predicted octanol–water partition coefficient (Wildman–Crippen LogP) is 3.71. The van der Waals surface area contributed by atoms with E-state index in [2.05, 4.69) is 20.3 Å². The van der Waals surface area contributed by atoms with E-state index in [1.807, 2.05) is 24.3 Å². The molecule has 0 spiro atoms. The van der Waals surface area contributed by atoms with Gasteiger partial charge < -0.3 is 10.2 Å². The molecule has 1 aliphatic rings. The minimum Gasteiger partial charge on any atom is -0.329 e. The Hall–Kier alpha value is -2.75. The van der Waals surface area contributed by atoms with Gasteiger partial charge in [-0.15, -0.1) is 0 Å². The first-order valence-electron chi connectivity index (χ1n) is 8.25. The maximum atomic E-state index is 12.9. The van der Waals surface area contributed by atoms with E-state index in [4.69, 9.17) is 0 Å². The molecule has 3 aromatic rings. The number of thiazole rings is 1. The second kappa shape index (κ2) is 6.76. The molecule has 1 fully saturated rings. The lowest BCUT2D eigenvalue weighted by Gasteiger charge is -2.23. The second-order valence-electron chi connectivity index (χ2n) is 6.07. The number of anilines is 2. The summed E-state index contributed by atoms with van der Waals surface area (Å²) in [5.74, 6) is -0.417. The fourth-order valence-corrected chi connectivity index (χ4v) is 3.91. The van der Waals surface area contributed by atoms with Crippen molar-refractivity contribution in [3.05, 3.63) is 42.2 Å². The standard InChI is InChI=1S/C17H14F3N5OS/c18-17(19,20)13-7-8-21-15(23-13)25-9-3-5-11(25)14(26)24-16-22-10-4-1-2-6-12(10)27-16/h1-2,4,6-8,11H,3,5,9H2,(H,22,24,26). The fraction of sp³-hybridized carbons (Fsp3) is 0.294. The number of alkyl halides is 3. The summed E-state index contributed by atoms with van der Waals surface area (Å²) in [5, 5.41) is 3.22. The largest absolute Gasteiger partial charge is 0.433 e. The normalized spacial score (nSPS) is 17.4. The van der Waals surface area contributed by atoms with E-state index in [9.17, 15) is 18.0 Å². The Balaban J connectivity index is 1.55. The molecular weight excluding hydrogens is 379 g/mol. The summed E-state index contributed by atoms with van der Waals surface area (Å²) < 4.78 is 39.7. The highest BCUT2D eigenvalue weighted by molar-refractivity contribution is 7.22. The number of carbonyl (C=O) groups is 1. The average Bonchev–Trinajstić information content (AvgIpc) is 3.27. The maximum absolute atomic E-state index is 12.9. The zero-order valence-electron chi connectivity index (χ0n) is 13.9. The molecule has 2 aromatic heterocycles. The van der Waals surface area contributed by atoms with Gasteiger partial charge in [-0.3, -0.25) is 4.79 Å². The van der Waals surface area contributed by atoms with E-state index >= 15 is 0 Å². The number of hydrogen-bond acceptors (Lipinski definition) is 6. The number of carbonyl (C=O) groups excluding carboxylic acids is 1. The van der Waals surface area contributed by atoms with Crippen molar-refractivity contribution < 1.29 is 18.0 Å². The van der Waals surface area contributed by atoms with E-state index in [0.717, 1.165) is 22.5 Å². The number of hydrogen-bond donors (Lipinski definition) is 1. The highest BCUT2D eigenvalue weighted by Gasteiger charge is 2.36. The summed E-state index contributed by atoms with van der Waals surface area (Å²) in [7, 11) is 0. The van der Waals surface area contributed by atoms with Crippen LogP contribution in [0.5, 0.6) is 0 Å². The molecule has 1 aromatic carbocycles. The molecule has 1 saturated heterocycles. The molecule has 10 heteroatoms. The van der Waals surface area contributed by atoms with Crippen molar-refractivity contribution in [2.24, 2.45) is 0 Å². The van der Waals surface area contributed by atoms with E-state index in [-0.39, 0.29) is 11.9 Å². The van der Waals surface area contributed by atoms with Crippen LogP contribution in [0.15, 0.2) is 36.5 Å². The van der Waals surface area contributed by atoms with Gasteiger partial charge in [-0.05, 0) is 31.0 Å². The number of aromatic nitrogens is 3. The van der Waals surface area contributed by atoms with E-state index in [1.54, 1.807) is 0 Å². The Kier molecular flexibility index (Phi) is 4.42. The SMILES string of the molecule is O=C(Nc1nc2ccccc2s1)C1CCCN1c1nccc(C(F)(F)F)n1. The first kappa shape index (κ1) is 17.7. The van der Waals surface area contributed by atoms with Gasteiger partial charge in [0.2, 0.25) is 11.9 Å². The van der Waals surface area contributed by atoms with Crippen molar-refractivity contribution in [2.75, 3.05) is 16.8 Å². The van der Waals surface area contributed by atoms with Gasteiger partial charge in [-0.1, -0.05) is 23.5 Å². The van der Waals surface area contributed by atoms with E-state index < -0.39 is 17.9 Å². The van der Waals surface area contributed by atoms with Crippen LogP contribution >= 0.6 is 11.3 Å². The highest BCUT2D eigenvalue weighted by Crippen LogP contribution is 2.31. The summed E-state index contributed by atoms with van der Waals surface area (Å²) in [6.45, 7) is 0.416. The first-order chi connectivity index (χ1) is 12.9. The first-order valence-corrected chi connectivity index (χ1v) is 9.07. The van der Waals surface area contributed by atoms with Gasteiger partial charge in [0.05, 0.1) is 10.2 Å². The Morgan fingerprint density at radius 3 is 2.81 bits per heavy atom. The Morgan fingerprint density at radius 1 is 1.22 bits per heavy atom. The quantitative estimate of drug-likeness (QED) is 0.735. The summed E-state index contributed by atoms with van der Waals surface area (Å²) in [6, 6.07) is 7.67. The van der Waals surface area contributed by atoms with Gasteiger partial charge in [0.1, 0.15) is 11.7 Å². The van der Waals surface area contributed by atoms with Crippen LogP contribution in [0.25, 0.3) is 10.2 Å². The monoisotopic (exact) mass is 393 g/mol. The van der Waals surface area contributed by atoms with E-state index in [0.29, 0.717) is 24.5 Å². The molecule has 0 radical (unpaired) electrons. The van der Waals surface area contributed by atoms with Crippen LogP contribution in [0.2, 0.25) is 0 Å². The molecule has 3 heterocycles. The van der Waals surface area contributed by atoms with Crippen LogP contribution in [-0.4, -0.2) is 33.4 Å². The third kappa shape index (κ3) is 3.57. The van der Waals surface area contributed by atoms with Gasteiger partial charge in [-0.2, -0.15) is 13.2 Å². The molecule has 1 aliphatic heterocycles. The molecule has 1 N–H and O–H groups in total. The predicted molar refractivity (Wildman–Crippen MR) is 95.7 cm³/mol. The molecular formula is C17H14F3N5OS. The molecule has 140 valence electrons. The van der Waals surface area contributed by atoms with Crippen LogP contribution < -0.4 is 10.2 Å². The number of nitrogens with one attached hydrogen (secondary N) is 1. The van der Waals surface area contributed by atoms with Crippen molar-refractivity contribution in [2.45, 2.75) is 25.1 Å². The number of fused-ring (bicyclic) bond motifs is 1. The van der Waals surface area contributed by atoms with Gasteiger partial charge >= 0.3 is 6.18 Å². The van der Waals surface area contributed by atoms with Crippen molar-refractivity contribution in [3.8, 4) is 0 Å². The molecule has 1 atom stereocenters. The Morgan fingerprint density at radius 2 is 2.04 bits per heavy atom. The number of benzene rings is 1. The van der Waals surface area contributed by atoms with Crippen molar-refractivity contribution in [3.63, 3.8) is 0 Å². The van der Waals surface area contributed by atoms with Crippen LogP contribution in [-0.2, 0) is 11.0 Å². The maximum Gasteiger partial charge on any atom is 0.433 e. The highest BCUT2D eigenvalue weighted by atomic mass is 32.1. The van der Waals surface area contributed by atoms with Crippen molar-refractivity contribution in [1.82, 2.24) is 15.0 Å². The average molecular weight is 393 g/mol. The van der Waals surface area contributed by atoms with Crippen molar-refractivity contribution >= 4 is 38.5 Å². The Bertz CT molecular complexity index is 957. The zero-order valence-corrected chi connectivity index (χ0v) is 14.7. The van der Waals surface area contributed by atoms with E-state index in [1.165, 1.54) is 16.2 Å². The number of rotatable bonds is 3. The molecule has 1 unspecified atom stereocenters. The molecule has 4 rings (SSSR count). The summed E-state index contributed by atoms with van der Waals surface area (Å²) >= 11 is 1.35. The third-order valence-electron chi connectivity index (χ3n) is 4.27. The summed E-state index contributed by atoms with van der Waals surface area (Å²) in [5.41, 5.74) is -0.243. The Labute approximate surface area is 156 Å². The number of nitrogens with zero attached hydrogens (tertiary/aromatic N) is 4. The van der Waals surface area contributed by atoms with Gasteiger partial charge in [0.25, 0.3) is 0 Å². The molecule has 0 bridgehead atoms. The van der Waals surface area contributed by atoms with Gasteiger partial charge in [0, 0.05) is 12.7 Å². The summed E-state index contributed by atoms with van der Waals surface area (Å²) in [4.78, 5) is 26.1. The number of para-hydroxylation sites is 1. The van der Waals surface area contributed by atoms with Gasteiger partial charge in [0.15, 0.2) is 5.13 Å². The summed E-state index contributed by atoms with van der Waals surface area (Å²) in [6.07, 6.45) is -2.32. The lowest BCUT2D eigenvalue weighted by Crippen LogP contribution is -2.40. The number of amides is 1. The van der Waals surface area contributed by atoms with Crippen molar-refractivity contribution in [1.29, 1.82) is 0 Å². The second-order valence-corrected chi connectivity index (χ2v) is 7.10. The minimum absolute atomic E-state index is 0.0909. The topological polar surface area (TPSA) is 71.0 Å². The molecule has 0 aliphatic carbocycles. The fourth-order valence-electron chi connectivity index (χ4n) is 3.04. The van der Waals surface area contributed by atoms with Crippen LogP contribution in [0, 0.1) is 0 Å². The van der Waals surface area contributed by atoms with Crippen LogP contribution in [0.3, 0.4) is 0 Å². The molecule has 6 nitrogen and oxygen atoms in total. The van der Waals surface area contributed by atoms with Gasteiger partial charge in [-0.25, -0.2) is 15.0 Å². The minimum atomic E-state index is -4.56. The van der Waals surface area contributed by atoms with Crippen LogP contribution in [0.4, 0.5) is 24.3 Å². The number of halogens is 3. The molecule has 1 amide bonds. The molecule has 0 saturated carbocycles.